The van der Waals surface area contributed by atoms with E-state index in [1.165, 1.54) is 12.3 Å². The highest BCUT2D eigenvalue weighted by molar-refractivity contribution is 5.92. The maximum Gasteiger partial charge on any atom is 0.270 e. The summed E-state index contributed by atoms with van der Waals surface area (Å²) >= 11 is 0. The van der Waals surface area contributed by atoms with Crippen molar-refractivity contribution in [1.29, 1.82) is 5.26 Å². The number of benzene rings is 1. The molecular weight excluding hydrogens is 266 g/mol. The van der Waals surface area contributed by atoms with Gasteiger partial charge in [0.2, 0.25) is 0 Å². The normalized spacial score (nSPS) is 15.7. The number of pyridine rings is 1. The monoisotopic (exact) mass is 279 g/mol. The number of para-hydroxylation sites is 1. The van der Waals surface area contributed by atoms with Crippen molar-refractivity contribution in [2.75, 3.05) is 6.54 Å². The number of hydrogen-bond acceptors (Lipinski definition) is 4. The van der Waals surface area contributed by atoms with Crippen LogP contribution >= 0.6 is 0 Å². The summed E-state index contributed by atoms with van der Waals surface area (Å²) in [6.07, 6.45) is 2.12. The van der Waals surface area contributed by atoms with Crippen LogP contribution in [0.15, 0.2) is 42.6 Å². The minimum absolute atomic E-state index is 0.0512. The second-order valence-corrected chi connectivity index (χ2v) is 4.81. The Morgan fingerprint density at radius 3 is 2.95 bits per heavy atom. The largest absolute Gasteiger partial charge is 0.488 e. The second-order valence-electron chi connectivity index (χ2n) is 4.81. The Bertz CT molecular complexity index is 679. The summed E-state index contributed by atoms with van der Waals surface area (Å²) in [5.74, 6) is 0.618. The molecule has 1 N–H and O–H groups in total. The highest BCUT2D eigenvalue weighted by atomic mass is 16.5. The third-order valence-corrected chi connectivity index (χ3v) is 3.33. The number of hydrogen-bond donors (Lipinski definition) is 1. The molecule has 2 aromatic rings. The van der Waals surface area contributed by atoms with Crippen LogP contribution in [0.25, 0.3) is 0 Å². The van der Waals surface area contributed by atoms with Crippen LogP contribution in [0.1, 0.15) is 21.6 Å². The molecule has 0 radical (unpaired) electrons. The van der Waals surface area contributed by atoms with Crippen molar-refractivity contribution in [3.63, 3.8) is 0 Å². The van der Waals surface area contributed by atoms with Gasteiger partial charge in [0, 0.05) is 12.6 Å². The van der Waals surface area contributed by atoms with Crippen LogP contribution in [0.5, 0.6) is 5.75 Å². The molecule has 104 valence electrons. The van der Waals surface area contributed by atoms with Crippen LogP contribution in [0.4, 0.5) is 0 Å². The lowest BCUT2D eigenvalue weighted by molar-refractivity contribution is 0.0928. The van der Waals surface area contributed by atoms with Crippen molar-refractivity contribution in [2.45, 2.75) is 12.5 Å². The number of carbonyl (C=O) groups is 1. The zero-order chi connectivity index (χ0) is 14.7. The SMILES string of the molecule is N#Cc1ccc(C(=O)NCC2Cc3ccccc3O2)nc1. The van der Waals surface area contributed by atoms with E-state index in [0.29, 0.717) is 17.8 Å². The van der Waals surface area contributed by atoms with Gasteiger partial charge in [-0.3, -0.25) is 4.79 Å². The average molecular weight is 279 g/mol. The smallest absolute Gasteiger partial charge is 0.270 e. The molecule has 0 saturated carbocycles. The molecule has 1 aliphatic heterocycles. The molecule has 1 aliphatic rings. The predicted molar refractivity (Wildman–Crippen MR) is 75.8 cm³/mol. The van der Waals surface area contributed by atoms with Gasteiger partial charge in [0.25, 0.3) is 5.91 Å². The molecule has 0 saturated heterocycles. The van der Waals surface area contributed by atoms with E-state index < -0.39 is 0 Å². The number of aromatic nitrogens is 1. The zero-order valence-electron chi connectivity index (χ0n) is 11.2. The topological polar surface area (TPSA) is 75.0 Å². The number of ether oxygens (including phenoxy) is 1. The van der Waals surface area contributed by atoms with Crippen molar-refractivity contribution in [3.05, 3.63) is 59.4 Å². The molecule has 5 nitrogen and oxygen atoms in total. The van der Waals surface area contributed by atoms with Gasteiger partial charge in [0.1, 0.15) is 23.6 Å². The lowest BCUT2D eigenvalue weighted by Gasteiger charge is -2.11. The first-order chi connectivity index (χ1) is 10.3. The van der Waals surface area contributed by atoms with Gasteiger partial charge in [0.05, 0.1) is 12.1 Å². The first-order valence-corrected chi connectivity index (χ1v) is 6.65. The molecule has 1 atom stereocenters. The molecule has 0 bridgehead atoms. The number of nitriles is 1. The number of fused-ring (bicyclic) bond motifs is 1. The molecule has 1 unspecified atom stereocenters. The van der Waals surface area contributed by atoms with E-state index in [2.05, 4.69) is 10.3 Å². The number of nitrogens with one attached hydrogen (secondary N) is 1. The fourth-order valence-corrected chi connectivity index (χ4v) is 2.26. The summed E-state index contributed by atoms with van der Waals surface area (Å²) < 4.78 is 5.75. The van der Waals surface area contributed by atoms with E-state index in [4.69, 9.17) is 10.00 Å². The third kappa shape index (κ3) is 2.84. The fourth-order valence-electron chi connectivity index (χ4n) is 2.26. The second kappa shape index (κ2) is 5.63. The maximum atomic E-state index is 12.0. The van der Waals surface area contributed by atoms with Gasteiger partial charge in [-0.25, -0.2) is 4.98 Å². The first kappa shape index (κ1) is 13.1. The van der Waals surface area contributed by atoms with Gasteiger partial charge >= 0.3 is 0 Å². The van der Waals surface area contributed by atoms with Crippen LogP contribution < -0.4 is 10.1 Å². The van der Waals surface area contributed by atoms with E-state index in [-0.39, 0.29) is 12.0 Å². The molecule has 5 heteroatoms. The van der Waals surface area contributed by atoms with Gasteiger partial charge in [-0.1, -0.05) is 18.2 Å². The Morgan fingerprint density at radius 2 is 2.24 bits per heavy atom. The van der Waals surface area contributed by atoms with Crippen molar-refractivity contribution < 1.29 is 9.53 Å². The highest BCUT2D eigenvalue weighted by Crippen LogP contribution is 2.27. The summed E-state index contributed by atoms with van der Waals surface area (Å²) in [4.78, 5) is 15.9. The molecule has 21 heavy (non-hydrogen) atoms. The molecular formula is C16H13N3O2. The lowest BCUT2D eigenvalue weighted by atomic mass is 10.1. The Hall–Kier alpha value is -2.87. The average Bonchev–Trinajstić information content (AvgIpc) is 2.95. The molecule has 2 heterocycles. The molecule has 1 amide bonds. The fraction of sp³-hybridized carbons (Fsp3) is 0.188. The summed E-state index contributed by atoms with van der Waals surface area (Å²) in [5.41, 5.74) is 1.89. The van der Waals surface area contributed by atoms with Crippen LogP contribution in [-0.4, -0.2) is 23.5 Å². The van der Waals surface area contributed by atoms with E-state index in [0.717, 1.165) is 17.7 Å². The van der Waals surface area contributed by atoms with E-state index in [9.17, 15) is 4.79 Å². The minimum atomic E-state index is -0.265. The summed E-state index contributed by atoms with van der Waals surface area (Å²) in [7, 11) is 0. The molecule has 3 rings (SSSR count). The van der Waals surface area contributed by atoms with E-state index in [1.54, 1.807) is 6.07 Å². The zero-order valence-corrected chi connectivity index (χ0v) is 11.2. The van der Waals surface area contributed by atoms with Gasteiger partial charge in [-0.15, -0.1) is 0 Å². The van der Waals surface area contributed by atoms with Gasteiger partial charge in [-0.2, -0.15) is 5.26 Å². The van der Waals surface area contributed by atoms with Crippen LogP contribution in [0.2, 0.25) is 0 Å². The van der Waals surface area contributed by atoms with Crippen molar-refractivity contribution >= 4 is 5.91 Å². The molecule has 0 fully saturated rings. The standard InChI is InChI=1S/C16H13N3O2/c17-8-11-5-6-14(18-9-11)16(20)19-10-13-7-12-3-1-2-4-15(12)21-13/h1-6,9,13H,7,10H2,(H,19,20). The first-order valence-electron chi connectivity index (χ1n) is 6.65. The summed E-state index contributed by atoms with van der Waals surface area (Å²) in [5, 5.41) is 11.5. The van der Waals surface area contributed by atoms with E-state index >= 15 is 0 Å². The van der Waals surface area contributed by atoms with Crippen LogP contribution in [-0.2, 0) is 6.42 Å². The van der Waals surface area contributed by atoms with Crippen molar-refractivity contribution in [1.82, 2.24) is 10.3 Å². The maximum absolute atomic E-state index is 12.0. The number of carbonyl (C=O) groups excluding carboxylic acids is 1. The quantitative estimate of drug-likeness (QED) is 0.927. The Morgan fingerprint density at radius 1 is 1.38 bits per heavy atom. The van der Waals surface area contributed by atoms with Crippen LogP contribution in [0.3, 0.4) is 0 Å². The number of rotatable bonds is 3. The van der Waals surface area contributed by atoms with Crippen LogP contribution in [0, 0.1) is 11.3 Å². The third-order valence-electron chi connectivity index (χ3n) is 3.33. The molecule has 0 spiro atoms. The number of amides is 1. The molecule has 1 aromatic carbocycles. The van der Waals surface area contributed by atoms with Gasteiger partial charge in [-0.05, 0) is 23.8 Å². The predicted octanol–water partition coefficient (Wildman–Crippen LogP) is 1.69. The summed E-state index contributed by atoms with van der Waals surface area (Å²) in [6, 6.07) is 12.9. The highest BCUT2D eigenvalue weighted by Gasteiger charge is 2.22. The van der Waals surface area contributed by atoms with Gasteiger partial charge < -0.3 is 10.1 Å². The van der Waals surface area contributed by atoms with E-state index in [1.807, 2.05) is 30.3 Å². The molecule has 0 aliphatic carbocycles. The van der Waals surface area contributed by atoms with Crippen molar-refractivity contribution in [2.24, 2.45) is 0 Å². The summed E-state index contributed by atoms with van der Waals surface area (Å²) in [6.45, 7) is 0.426. The van der Waals surface area contributed by atoms with Crippen molar-refractivity contribution in [3.8, 4) is 11.8 Å². The van der Waals surface area contributed by atoms with Gasteiger partial charge in [0.15, 0.2) is 0 Å². The number of nitrogens with zero attached hydrogens (tertiary/aromatic N) is 2. The Balaban J connectivity index is 1.56. The minimum Gasteiger partial charge on any atom is -0.488 e. The Labute approximate surface area is 122 Å². The lowest BCUT2D eigenvalue weighted by Crippen LogP contribution is -2.34. The molecule has 1 aromatic heterocycles. The Kier molecular flexibility index (Phi) is 3.52.